The van der Waals surface area contributed by atoms with Crippen LogP contribution in [0.15, 0.2) is 59.7 Å². The Labute approximate surface area is 281 Å². The average Bonchev–Trinajstić information content (AvgIpc) is 3.72. The quantitative estimate of drug-likeness (QED) is 0.189. The maximum Gasteiger partial charge on any atom is 0.293 e. The van der Waals surface area contributed by atoms with Crippen molar-refractivity contribution >= 4 is 23.1 Å². The number of rotatable bonds is 9. The second-order valence-electron chi connectivity index (χ2n) is 13.0. The number of benzene rings is 2. The average molecular weight is 694 g/mol. The van der Waals surface area contributed by atoms with Gasteiger partial charge in [-0.25, -0.2) is 22.6 Å². The maximum atomic E-state index is 15.2. The van der Waals surface area contributed by atoms with E-state index in [4.69, 9.17) is 4.99 Å². The van der Waals surface area contributed by atoms with Crippen molar-refractivity contribution in [2.75, 3.05) is 4.90 Å². The van der Waals surface area contributed by atoms with Crippen molar-refractivity contribution in [3.05, 3.63) is 106 Å². The lowest BCUT2D eigenvalue weighted by Crippen LogP contribution is -2.53. The summed E-state index contributed by atoms with van der Waals surface area (Å²) in [6.45, 7) is 3.00. The molecule has 258 valence electrons. The number of aliphatic hydroxyl groups is 1. The molecule has 0 bridgehead atoms. The van der Waals surface area contributed by atoms with E-state index < -0.39 is 71.9 Å². The van der Waals surface area contributed by atoms with Crippen LogP contribution < -0.4 is 10.2 Å². The number of fused-ring (bicyclic) bond motifs is 4. The monoisotopic (exact) mass is 693 g/mol. The van der Waals surface area contributed by atoms with E-state index in [2.05, 4.69) is 15.4 Å². The molecule has 1 amide bonds. The maximum absolute atomic E-state index is 15.2. The highest BCUT2D eigenvalue weighted by atomic mass is 19.3. The van der Waals surface area contributed by atoms with Crippen LogP contribution in [0, 0.1) is 28.9 Å². The molecule has 1 aliphatic heterocycles. The van der Waals surface area contributed by atoms with Gasteiger partial charge in [0, 0.05) is 35.2 Å². The first-order valence-electron chi connectivity index (χ1n) is 15.8. The summed E-state index contributed by atoms with van der Waals surface area (Å²) in [6, 6.07) is 11.3. The molecule has 2 aliphatic carbocycles. The molecule has 0 spiro atoms. The number of anilines is 1. The molecule has 2 aromatic heterocycles. The van der Waals surface area contributed by atoms with Crippen LogP contribution in [0.5, 0.6) is 0 Å². The third kappa shape index (κ3) is 5.77. The molecule has 2 unspecified atom stereocenters. The van der Waals surface area contributed by atoms with Gasteiger partial charge in [0.2, 0.25) is 5.91 Å². The van der Waals surface area contributed by atoms with E-state index in [1.54, 1.807) is 12.1 Å². The fourth-order valence-corrected chi connectivity index (χ4v) is 6.90. The predicted octanol–water partition coefficient (Wildman–Crippen LogP) is 6.67. The second-order valence-corrected chi connectivity index (χ2v) is 13.0. The van der Waals surface area contributed by atoms with Crippen LogP contribution >= 0.6 is 0 Å². The van der Waals surface area contributed by atoms with Gasteiger partial charge in [0.15, 0.2) is 6.23 Å². The van der Waals surface area contributed by atoms with Gasteiger partial charge in [-0.3, -0.25) is 19.4 Å². The largest absolute Gasteiger partial charge is 0.369 e. The molecule has 0 radical (unpaired) electrons. The topological polar surface area (TPSA) is 119 Å². The standard InChI is InChI=1S/C35H29F6N7O2/c1-16(2)25-6-4-21(14-43-25)48-33(45-26-9-17(13-42)3-5-22(26)34(48)50)27(10-18-7-19(36)11-20(37)8-18)44-28(49)15-47-31-29(30(46-47)32(38)39)23-12-24(23)35(31,40)41/h3-9,11,14,16,23-24,27,32,34,50H,10,12,15H2,1-2H3,(H,44,49)/t23-,24+,27?,34?/m0/s1. The molecule has 3 aliphatic rings. The molecule has 9 nitrogen and oxygen atoms in total. The van der Waals surface area contributed by atoms with Crippen LogP contribution in [0.2, 0.25) is 0 Å². The first-order chi connectivity index (χ1) is 23.8. The van der Waals surface area contributed by atoms with Gasteiger partial charge in [0.25, 0.3) is 12.3 Å². The van der Waals surface area contributed by atoms with E-state index >= 15 is 8.78 Å². The molecule has 3 heterocycles. The third-order valence-electron chi connectivity index (χ3n) is 9.27. The zero-order chi connectivity index (χ0) is 35.6. The number of amidine groups is 1. The minimum absolute atomic E-state index is 0.0391. The van der Waals surface area contributed by atoms with Gasteiger partial charge in [-0.1, -0.05) is 19.9 Å². The normalized spacial score (nSPS) is 20.6. The number of hydrogen-bond donors (Lipinski definition) is 2. The molecule has 2 N–H and O–H groups in total. The zero-order valence-corrected chi connectivity index (χ0v) is 26.6. The highest BCUT2D eigenvalue weighted by Crippen LogP contribution is 2.68. The Morgan fingerprint density at radius 1 is 1.12 bits per heavy atom. The fraction of sp³-hybridized carbons (Fsp3) is 0.343. The van der Waals surface area contributed by atoms with E-state index in [9.17, 15) is 32.7 Å². The van der Waals surface area contributed by atoms with Crippen LogP contribution in [0.1, 0.15) is 84.1 Å². The highest BCUT2D eigenvalue weighted by Gasteiger charge is 2.67. The third-order valence-corrected chi connectivity index (χ3v) is 9.27. The number of aliphatic hydroxyl groups excluding tert-OH is 1. The molecular weight excluding hydrogens is 664 g/mol. The number of hydrogen-bond acceptors (Lipinski definition) is 7. The fourth-order valence-electron chi connectivity index (χ4n) is 6.90. The van der Waals surface area contributed by atoms with E-state index in [-0.39, 0.29) is 47.0 Å². The molecule has 1 saturated carbocycles. The Morgan fingerprint density at radius 2 is 1.86 bits per heavy atom. The lowest BCUT2D eigenvalue weighted by Gasteiger charge is -2.38. The van der Waals surface area contributed by atoms with Gasteiger partial charge < -0.3 is 10.4 Å². The van der Waals surface area contributed by atoms with E-state index in [1.807, 2.05) is 19.9 Å². The number of aliphatic imine (C=N–C) groups is 1. The summed E-state index contributed by atoms with van der Waals surface area (Å²) < 4.78 is 87.6. The van der Waals surface area contributed by atoms with Crippen molar-refractivity contribution in [3.8, 4) is 6.07 Å². The molecule has 1 fully saturated rings. The number of alkyl halides is 4. The predicted molar refractivity (Wildman–Crippen MR) is 168 cm³/mol. The summed E-state index contributed by atoms with van der Waals surface area (Å²) >= 11 is 0. The van der Waals surface area contributed by atoms with Gasteiger partial charge in [-0.15, -0.1) is 0 Å². The summed E-state index contributed by atoms with van der Waals surface area (Å²) in [6.07, 6.45) is -3.37. The number of aromatic nitrogens is 3. The second kappa shape index (κ2) is 12.3. The number of nitriles is 1. The Morgan fingerprint density at radius 3 is 2.50 bits per heavy atom. The number of amides is 1. The van der Waals surface area contributed by atoms with Crippen LogP contribution in [0.25, 0.3) is 0 Å². The number of nitrogens with one attached hydrogen (secondary N) is 1. The van der Waals surface area contributed by atoms with E-state index in [0.717, 1.165) is 17.8 Å². The number of pyridine rings is 1. The van der Waals surface area contributed by atoms with Crippen molar-refractivity contribution in [1.82, 2.24) is 20.1 Å². The molecule has 4 aromatic rings. The number of carbonyl (C=O) groups is 1. The number of carbonyl (C=O) groups excluding carboxylic acids is 1. The highest BCUT2D eigenvalue weighted by molar-refractivity contribution is 6.06. The van der Waals surface area contributed by atoms with Crippen LogP contribution in [-0.2, 0) is 23.7 Å². The Balaban J connectivity index is 1.31. The summed E-state index contributed by atoms with van der Waals surface area (Å²) in [5, 5.41) is 27.7. The smallest absolute Gasteiger partial charge is 0.293 e. The summed E-state index contributed by atoms with van der Waals surface area (Å²) in [5.41, 5.74) is 0.0629. The van der Waals surface area contributed by atoms with E-state index in [0.29, 0.717) is 22.0 Å². The van der Waals surface area contributed by atoms with Crippen molar-refractivity contribution in [1.29, 1.82) is 5.26 Å². The summed E-state index contributed by atoms with van der Waals surface area (Å²) in [4.78, 5) is 24.3. The van der Waals surface area contributed by atoms with Gasteiger partial charge in [0.1, 0.15) is 35.4 Å². The summed E-state index contributed by atoms with van der Waals surface area (Å²) in [7, 11) is 0. The van der Waals surface area contributed by atoms with E-state index in [1.165, 1.54) is 29.3 Å². The zero-order valence-electron chi connectivity index (χ0n) is 26.6. The van der Waals surface area contributed by atoms with Crippen molar-refractivity contribution in [3.63, 3.8) is 0 Å². The Bertz CT molecular complexity index is 2050. The molecule has 0 saturated heterocycles. The molecule has 50 heavy (non-hydrogen) atoms. The van der Waals surface area contributed by atoms with Gasteiger partial charge in [-0.2, -0.15) is 19.1 Å². The van der Waals surface area contributed by atoms with Gasteiger partial charge in [-0.05, 0) is 60.2 Å². The molecular formula is C35H29F6N7O2. The van der Waals surface area contributed by atoms with Gasteiger partial charge >= 0.3 is 0 Å². The summed E-state index contributed by atoms with van der Waals surface area (Å²) in [5.74, 6) is -8.11. The van der Waals surface area contributed by atoms with Crippen LogP contribution in [0.3, 0.4) is 0 Å². The van der Waals surface area contributed by atoms with Crippen LogP contribution in [0.4, 0.5) is 37.7 Å². The minimum Gasteiger partial charge on any atom is -0.369 e. The number of halogens is 6. The van der Waals surface area contributed by atoms with Gasteiger partial charge in [0.05, 0.1) is 35.2 Å². The first-order valence-corrected chi connectivity index (χ1v) is 15.8. The van der Waals surface area contributed by atoms with Crippen LogP contribution in [-0.4, -0.2) is 37.7 Å². The van der Waals surface area contributed by atoms with Crippen molar-refractivity contribution < 1.29 is 36.2 Å². The molecule has 7 rings (SSSR count). The SMILES string of the molecule is CC(C)c1ccc(N2C(C(Cc3cc(F)cc(F)c3)NC(=O)Cn3nc(C(F)F)c4c3C(F)(F)[C@@H]3C[C@H]43)=Nc3cc(C#N)ccc3C2O)cn1. The Kier molecular flexibility index (Phi) is 8.17. The lowest BCUT2D eigenvalue weighted by molar-refractivity contribution is -0.122. The Hall–Kier alpha value is -5.23. The van der Waals surface area contributed by atoms with Crippen molar-refractivity contribution in [2.24, 2.45) is 10.9 Å². The minimum atomic E-state index is -3.47. The molecule has 2 aromatic carbocycles. The molecule has 4 atom stereocenters. The number of nitrogens with zero attached hydrogens (tertiary/aromatic N) is 6. The van der Waals surface area contributed by atoms with Crippen molar-refractivity contribution in [2.45, 2.75) is 69.7 Å². The lowest BCUT2D eigenvalue weighted by atomic mass is 9.99. The first kappa shape index (κ1) is 33.3. The molecule has 15 heteroatoms.